The molecule has 3 aliphatic heterocycles. The summed E-state index contributed by atoms with van der Waals surface area (Å²) in [5, 5.41) is 9.44. The fourth-order valence-electron chi connectivity index (χ4n) is 3.86. The fraction of sp³-hybridized carbons (Fsp3) is 0.529. The van der Waals surface area contributed by atoms with Gasteiger partial charge in [-0.1, -0.05) is 12.2 Å². The van der Waals surface area contributed by atoms with Crippen LogP contribution >= 0.6 is 0 Å². The van der Waals surface area contributed by atoms with E-state index in [1.165, 1.54) is 0 Å². The first-order valence-corrected chi connectivity index (χ1v) is 8.23. The molecule has 4 heterocycles. The van der Waals surface area contributed by atoms with Crippen molar-refractivity contribution in [2.75, 3.05) is 26.2 Å². The van der Waals surface area contributed by atoms with Crippen molar-refractivity contribution in [3.05, 3.63) is 36.3 Å². The normalized spacial score (nSPS) is 32.4. The summed E-state index contributed by atoms with van der Waals surface area (Å²) in [6.07, 6.45) is 4.37. The maximum atomic E-state index is 12.8. The summed E-state index contributed by atoms with van der Waals surface area (Å²) in [5.41, 5.74) is 0. The molecular formula is C17H20N2O5. The summed E-state index contributed by atoms with van der Waals surface area (Å²) in [7, 11) is 0. The Balaban J connectivity index is 1.38. The minimum Gasteiger partial charge on any atom is -0.481 e. The number of ether oxygens (including phenoxy) is 1. The van der Waals surface area contributed by atoms with Crippen molar-refractivity contribution in [3.63, 3.8) is 0 Å². The van der Waals surface area contributed by atoms with Gasteiger partial charge < -0.3 is 19.2 Å². The van der Waals surface area contributed by atoms with Crippen LogP contribution in [0.15, 0.2) is 35.0 Å². The van der Waals surface area contributed by atoms with E-state index < -0.39 is 30.0 Å². The van der Waals surface area contributed by atoms with Crippen molar-refractivity contribution in [2.24, 2.45) is 11.8 Å². The summed E-state index contributed by atoms with van der Waals surface area (Å²) in [6, 6.07) is 3.80. The first-order valence-electron chi connectivity index (χ1n) is 8.23. The van der Waals surface area contributed by atoms with Gasteiger partial charge in [0.25, 0.3) is 0 Å². The van der Waals surface area contributed by atoms with Crippen LogP contribution in [0.4, 0.5) is 0 Å². The van der Waals surface area contributed by atoms with Crippen LogP contribution in [0.1, 0.15) is 5.76 Å². The largest absolute Gasteiger partial charge is 0.481 e. The van der Waals surface area contributed by atoms with Crippen molar-refractivity contribution in [3.8, 4) is 0 Å². The van der Waals surface area contributed by atoms with Crippen LogP contribution in [0.2, 0.25) is 0 Å². The van der Waals surface area contributed by atoms with E-state index >= 15 is 0 Å². The molecule has 0 saturated carbocycles. The molecule has 1 aromatic rings. The second kappa shape index (κ2) is 6.07. The Morgan fingerprint density at radius 2 is 1.83 bits per heavy atom. The molecule has 7 heteroatoms. The number of rotatable bonds is 4. The molecule has 4 atom stereocenters. The Morgan fingerprint density at radius 3 is 2.46 bits per heavy atom. The van der Waals surface area contributed by atoms with E-state index in [1.54, 1.807) is 17.2 Å². The smallest absolute Gasteiger partial charge is 0.310 e. The number of carboxylic acids is 1. The molecule has 128 valence electrons. The number of hydrogen-bond donors (Lipinski definition) is 1. The van der Waals surface area contributed by atoms with Gasteiger partial charge in [-0.25, -0.2) is 0 Å². The Kier molecular flexibility index (Phi) is 3.90. The Hall–Kier alpha value is -2.12. The SMILES string of the molecule is O=C(O)[C@H]1[C@@H](C(=O)N2CCN(Cc3ccco3)CC2)[C@H]2C=C[C@H]1O2. The van der Waals surface area contributed by atoms with Crippen LogP contribution in [-0.4, -0.2) is 65.2 Å². The third-order valence-electron chi connectivity index (χ3n) is 5.11. The second-order valence-electron chi connectivity index (χ2n) is 6.52. The highest BCUT2D eigenvalue weighted by Crippen LogP contribution is 2.40. The van der Waals surface area contributed by atoms with Gasteiger partial charge in [-0.2, -0.15) is 0 Å². The van der Waals surface area contributed by atoms with E-state index in [1.807, 2.05) is 18.2 Å². The molecule has 0 unspecified atom stereocenters. The quantitative estimate of drug-likeness (QED) is 0.812. The maximum Gasteiger partial charge on any atom is 0.310 e. The number of furan rings is 1. The molecule has 0 aliphatic carbocycles. The highest BCUT2D eigenvalue weighted by atomic mass is 16.5. The van der Waals surface area contributed by atoms with Gasteiger partial charge in [0.05, 0.1) is 30.9 Å². The Morgan fingerprint density at radius 1 is 1.12 bits per heavy atom. The van der Waals surface area contributed by atoms with Gasteiger partial charge in [-0.3, -0.25) is 14.5 Å². The summed E-state index contributed by atoms with van der Waals surface area (Å²) >= 11 is 0. The average Bonchev–Trinajstić information content (AvgIpc) is 3.31. The van der Waals surface area contributed by atoms with Crippen molar-refractivity contribution in [1.82, 2.24) is 9.80 Å². The zero-order chi connectivity index (χ0) is 16.7. The van der Waals surface area contributed by atoms with Gasteiger partial charge in [0, 0.05) is 26.2 Å². The van der Waals surface area contributed by atoms with Gasteiger partial charge in [0.2, 0.25) is 5.91 Å². The van der Waals surface area contributed by atoms with Gasteiger partial charge in [-0.15, -0.1) is 0 Å². The van der Waals surface area contributed by atoms with E-state index in [2.05, 4.69) is 4.90 Å². The molecule has 24 heavy (non-hydrogen) atoms. The highest BCUT2D eigenvalue weighted by Gasteiger charge is 2.54. The number of carboxylic acid groups (broad SMARTS) is 1. The minimum absolute atomic E-state index is 0.100. The lowest BCUT2D eigenvalue weighted by Crippen LogP contribution is -2.52. The predicted octanol–water partition coefficient (Wildman–Crippen LogP) is 0.578. The van der Waals surface area contributed by atoms with E-state index in [9.17, 15) is 14.7 Å². The van der Waals surface area contributed by atoms with E-state index in [4.69, 9.17) is 9.15 Å². The molecule has 2 fully saturated rings. The van der Waals surface area contributed by atoms with Gasteiger partial charge in [0.1, 0.15) is 11.7 Å². The molecule has 2 bridgehead atoms. The molecule has 0 radical (unpaired) electrons. The summed E-state index contributed by atoms with van der Waals surface area (Å²) in [4.78, 5) is 28.4. The molecule has 0 aromatic carbocycles. The topological polar surface area (TPSA) is 83.2 Å². The van der Waals surface area contributed by atoms with Crippen LogP contribution in [0, 0.1) is 11.8 Å². The third kappa shape index (κ3) is 2.63. The molecule has 1 amide bonds. The number of piperazine rings is 1. The number of fused-ring (bicyclic) bond motifs is 2. The standard InChI is InChI=1S/C17H20N2O5/c20-16(14-12-3-4-13(24-12)15(14)17(21)22)19-7-5-18(6-8-19)10-11-2-1-9-23-11/h1-4,9,12-15H,5-8,10H2,(H,21,22)/t12-,13-,14+,15-/m1/s1. The van der Waals surface area contributed by atoms with E-state index in [-0.39, 0.29) is 5.91 Å². The number of hydrogen-bond acceptors (Lipinski definition) is 5. The lowest BCUT2D eigenvalue weighted by atomic mass is 9.82. The van der Waals surface area contributed by atoms with Crippen LogP contribution in [0.3, 0.4) is 0 Å². The fourth-order valence-corrected chi connectivity index (χ4v) is 3.86. The molecule has 0 spiro atoms. The van der Waals surface area contributed by atoms with Crippen molar-refractivity contribution in [1.29, 1.82) is 0 Å². The molecular weight excluding hydrogens is 312 g/mol. The minimum atomic E-state index is -0.957. The van der Waals surface area contributed by atoms with Crippen LogP contribution in [-0.2, 0) is 20.9 Å². The average molecular weight is 332 g/mol. The predicted molar refractivity (Wildman–Crippen MR) is 83.0 cm³/mol. The van der Waals surface area contributed by atoms with E-state index in [0.29, 0.717) is 13.1 Å². The number of nitrogens with zero attached hydrogens (tertiary/aromatic N) is 2. The van der Waals surface area contributed by atoms with Crippen LogP contribution in [0.5, 0.6) is 0 Å². The monoisotopic (exact) mass is 332 g/mol. The molecule has 1 aromatic heterocycles. The zero-order valence-corrected chi connectivity index (χ0v) is 13.2. The Bertz CT molecular complexity index is 648. The van der Waals surface area contributed by atoms with Crippen molar-refractivity contribution in [2.45, 2.75) is 18.8 Å². The van der Waals surface area contributed by atoms with Crippen LogP contribution in [0.25, 0.3) is 0 Å². The van der Waals surface area contributed by atoms with Gasteiger partial charge >= 0.3 is 5.97 Å². The molecule has 3 aliphatic rings. The number of amides is 1. The first kappa shape index (κ1) is 15.4. The number of carbonyl (C=O) groups is 2. The highest BCUT2D eigenvalue weighted by molar-refractivity contribution is 5.87. The third-order valence-corrected chi connectivity index (χ3v) is 5.11. The Labute approximate surface area is 139 Å². The number of carbonyl (C=O) groups excluding carboxylic acids is 1. The zero-order valence-electron chi connectivity index (χ0n) is 13.2. The van der Waals surface area contributed by atoms with Gasteiger partial charge in [-0.05, 0) is 12.1 Å². The summed E-state index contributed by atoms with van der Waals surface area (Å²) in [5.74, 6) is -1.52. The maximum absolute atomic E-state index is 12.8. The van der Waals surface area contributed by atoms with Crippen molar-refractivity contribution >= 4 is 11.9 Å². The van der Waals surface area contributed by atoms with E-state index in [0.717, 1.165) is 25.4 Å². The lowest BCUT2D eigenvalue weighted by Gasteiger charge is -2.36. The lowest BCUT2D eigenvalue weighted by molar-refractivity contribution is -0.150. The van der Waals surface area contributed by atoms with Crippen molar-refractivity contribution < 1.29 is 23.8 Å². The second-order valence-corrected chi connectivity index (χ2v) is 6.52. The summed E-state index contributed by atoms with van der Waals surface area (Å²) in [6.45, 7) is 3.43. The molecule has 4 rings (SSSR count). The molecule has 2 saturated heterocycles. The van der Waals surface area contributed by atoms with Gasteiger partial charge in [0.15, 0.2) is 0 Å². The summed E-state index contributed by atoms with van der Waals surface area (Å²) < 4.78 is 11.0. The van der Waals surface area contributed by atoms with Crippen LogP contribution < -0.4 is 0 Å². The first-order chi connectivity index (χ1) is 11.6. The number of aliphatic carboxylic acids is 1. The molecule has 1 N–H and O–H groups in total. The molecule has 7 nitrogen and oxygen atoms in total.